The Kier molecular flexibility index (Phi) is 5.05. The van der Waals surface area contributed by atoms with Crippen LogP contribution >= 0.6 is 23.7 Å². The molecule has 2 aromatic carbocycles. The van der Waals surface area contributed by atoms with Gasteiger partial charge in [0.05, 0.1) is 0 Å². The highest BCUT2D eigenvalue weighted by Gasteiger charge is 2.15. The number of thiophene rings is 1. The molecular formula is C20H19ClN2O2S. The van der Waals surface area contributed by atoms with Gasteiger partial charge < -0.3 is 15.8 Å². The van der Waals surface area contributed by atoms with Crippen LogP contribution in [-0.4, -0.2) is 16.6 Å². The smallest absolute Gasteiger partial charge is 0.266 e. The Hall–Kier alpha value is -2.34. The molecule has 26 heavy (non-hydrogen) atoms. The lowest BCUT2D eigenvalue weighted by molar-refractivity contribution is 0.478. The number of pyridine rings is 1. The SMILES string of the molecule is C[C@@H](CN)c1ccc(-c2c(O)ccc3[nH]c(=O)c4sccc4c23)cc1.Cl. The van der Waals surface area contributed by atoms with E-state index >= 15 is 0 Å². The summed E-state index contributed by atoms with van der Waals surface area (Å²) >= 11 is 1.41. The summed E-state index contributed by atoms with van der Waals surface area (Å²) in [7, 11) is 0. The summed E-state index contributed by atoms with van der Waals surface area (Å²) in [5, 5.41) is 14.2. The quantitative estimate of drug-likeness (QED) is 0.481. The molecular weight excluding hydrogens is 368 g/mol. The van der Waals surface area contributed by atoms with Crippen LogP contribution < -0.4 is 11.3 Å². The molecule has 0 aliphatic rings. The van der Waals surface area contributed by atoms with Crippen LogP contribution in [0.1, 0.15) is 18.4 Å². The molecule has 0 fully saturated rings. The van der Waals surface area contributed by atoms with Crippen molar-refractivity contribution in [1.29, 1.82) is 0 Å². The van der Waals surface area contributed by atoms with Crippen molar-refractivity contribution in [3.8, 4) is 16.9 Å². The van der Waals surface area contributed by atoms with E-state index < -0.39 is 0 Å². The standard InChI is InChI=1S/C20H18N2O2S.ClH/c1-11(10-21)12-2-4-13(5-3-12)17-16(23)7-6-15-18(17)14-8-9-25-19(14)20(24)22-15;/h2-9,11,23H,10,21H2,1H3,(H,22,24);1H/t11-;/m0./s1. The number of rotatable bonds is 3. The van der Waals surface area contributed by atoms with E-state index in [-0.39, 0.29) is 29.6 Å². The van der Waals surface area contributed by atoms with Gasteiger partial charge in [-0.2, -0.15) is 0 Å². The first-order chi connectivity index (χ1) is 12.1. The normalized spacial score (nSPS) is 12.2. The van der Waals surface area contributed by atoms with E-state index in [4.69, 9.17) is 5.73 Å². The molecule has 0 radical (unpaired) electrons. The third-order valence-corrected chi connectivity index (χ3v) is 5.61. The van der Waals surface area contributed by atoms with E-state index in [2.05, 4.69) is 11.9 Å². The number of halogens is 1. The van der Waals surface area contributed by atoms with Crippen molar-refractivity contribution in [2.45, 2.75) is 12.8 Å². The van der Waals surface area contributed by atoms with E-state index in [1.165, 1.54) is 16.9 Å². The van der Waals surface area contributed by atoms with Crippen molar-refractivity contribution in [2.75, 3.05) is 6.54 Å². The van der Waals surface area contributed by atoms with Crippen molar-refractivity contribution in [3.63, 3.8) is 0 Å². The number of H-pyrrole nitrogens is 1. The summed E-state index contributed by atoms with van der Waals surface area (Å²) in [6.45, 7) is 2.68. The van der Waals surface area contributed by atoms with Gasteiger partial charge in [-0.05, 0) is 47.2 Å². The average Bonchev–Trinajstić information content (AvgIpc) is 3.12. The lowest BCUT2D eigenvalue weighted by Crippen LogP contribution is -2.08. The van der Waals surface area contributed by atoms with E-state index in [9.17, 15) is 9.90 Å². The highest BCUT2D eigenvalue weighted by Crippen LogP contribution is 2.39. The maximum absolute atomic E-state index is 12.2. The second-order valence-electron chi connectivity index (χ2n) is 6.26. The molecule has 0 bridgehead atoms. The van der Waals surface area contributed by atoms with E-state index in [0.717, 1.165) is 27.4 Å². The van der Waals surface area contributed by atoms with E-state index in [1.807, 2.05) is 35.7 Å². The summed E-state index contributed by atoms with van der Waals surface area (Å²) in [6.07, 6.45) is 0. The highest BCUT2D eigenvalue weighted by molar-refractivity contribution is 7.17. The number of benzene rings is 2. The first-order valence-corrected chi connectivity index (χ1v) is 9.03. The van der Waals surface area contributed by atoms with Crippen LogP contribution in [0.3, 0.4) is 0 Å². The van der Waals surface area contributed by atoms with Crippen LogP contribution in [0.4, 0.5) is 0 Å². The van der Waals surface area contributed by atoms with Gasteiger partial charge in [-0.3, -0.25) is 4.79 Å². The third-order valence-electron chi connectivity index (χ3n) is 4.69. The highest BCUT2D eigenvalue weighted by atomic mass is 35.5. The summed E-state index contributed by atoms with van der Waals surface area (Å²) in [5.74, 6) is 0.488. The maximum Gasteiger partial charge on any atom is 0.266 e. The molecule has 0 saturated carbocycles. The van der Waals surface area contributed by atoms with Gasteiger partial charge in [-0.25, -0.2) is 0 Å². The molecule has 134 valence electrons. The average molecular weight is 387 g/mol. The van der Waals surface area contributed by atoms with Crippen LogP contribution in [0.2, 0.25) is 0 Å². The monoisotopic (exact) mass is 386 g/mol. The Balaban J connectivity index is 0.00000196. The largest absolute Gasteiger partial charge is 0.507 e. The molecule has 4 rings (SSSR count). The molecule has 6 heteroatoms. The van der Waals surface area contributed by atoms with E-state index in [0.29, 0.717) is 11.2 Å². The van der Waals surface area contributed by atoms with Crippen LogP contribution in [0.25, 0.3) is 32.1 Å². The molecule has 2 heterocycles. The molecule has 0 spiro atoms. The van der Waals surface area contributed by atoms with Gasteiger partial charge in [0.15, 0.2) is 0 Å². The predicted molar refractivity (Wildman–Crippen MR) is 112 cm³/mol. The lowest BCUT2D eigenvalue weighted by Gasteiger charge is -2.13. The van der Waals surface area contributed by atoms with Gasteiger partial charge in [0, 0.05) is 21.9 Å². The predicted octanol–water partition coefficient (Wildman–Crippen LogP) is 4.60. The number of aromatic hydroxyl groups is 1. The first kappa shape index (κ1) is 18.5. The van der Waals surface area contributed by atoms with Crippen molar-refractivity contribution >= 4 is 44.7 Å². The minimum atomic E-state index is -0.0961. The number of hydrogen-bond donors (Lipinski definition) is 3. The number of hydrogen-bond acceptors (Lipinski definition) is 4. The van der Waals surface area contributed by atoms with Crippen molar-refractivity contribution in [2.24, 2.45) is 5.73 Å². The number of nitrogens with two attached hydrogens (primary N) is 1. The lowest BCUT2D eigenvalue weighted by atomic mass is 9.94. The molecule has 1 atom stereocenters. The fraction of sp³-hybridized carbons (Fsp3) is 0.150. The number of aromatic amines is 1. The molecule has 4 nitrogen and oxygen atoms in total. The molecule has 0 unspecified atom stereocenters. The maximum atomic E-state index is 12.2. The third kappa shape index (κ3) is 2.88. The van der Waals surface area contributed by atoms with Crippen LogP contribution in [-0.2, 0) is 0 Å². The molecule has 0 aliphatic heterocycles. The van der Waals surface area contributed by atoms with Gasteiger partial charge in [0.2, 0.25) is 0 Å². The zero-order chi connectivity index (χ0) is 17.6. The fourth-order valence-corrected chi connectivity index (χ4v) is 4.04. The minimum Gasteiger partial charge on any atom is -0.507 e. The number of nitrogens with one attached hydrogen (secondary N) is 1. The second-order valence-corrected chi connectivity index (χ2v) is 7.17. The molecule has 4 N–H and O–H groups in total. The minimum absolute atomic E-state index is 0. The van der Waals surface area contributed by atoms with Gasteiger partial charge in [0.1, 0.15) is 10.4 Å². The van der Waals surface area contributed by atoms with Crippen LogP contribution in [0.15, 0.2) is 52.6 Å². The first-order valence-electron chi connectivity index (χ1n) is 8.15. The van der Waals surface area contributed by atoms with Gasteiger partial charge in [-0.15, -0.1) is 23.7 Å². The Labute approximate surface area is 160 Å². The van der Waals surface area contributed by atoms with Crippen molar-refractivity contribution < 1.29 is 5.11 Å². The van der Waals surface area contributed by atoms with Crippen LogP contribution in [0.5, 0.6) is 5.75 Å². The zero-order valence-corrected chi connectivity index (χ0v) is 15.8. The number of aromatic nitrogens is 1. The van der Waals surface area contributed by atoms with Gasteiger partial charge >= 0.3 is 0 Å². The van der Waals surface area contributed by atoms with Crippen LogP contribution in [0, 0.1) is 0 Å². The molecule has 2 aromatic heterocycles. The second kappa shape index (κ2) is 7.11. The topological polar surface area (TPSA) is 79.1 Å². The Morgan fingerprint density at radius 2 is 1.88 bits per heavy atom. The van der Waals surface area contributed by atoms with Gasteiger partial charge in [0.25, 0.3) is 5.56 Å². The van der Waals surface area contributed by atoms with E-state index in [1.54, 1.807) is 12.1 Å². The molecule has 4 aromatic rings. The molecule has 0 aliphatic carbocycles. The molecule has 0 saturated heterocycles. The zero-order valence-electron chi connectivity index (χ0n) is 14.2. The Morgan fingerprint density at radius 3 is 2.58 bits per heavy atom. The van der Waals surface area contributed by atoms with Crippen molar-refractivity contribution in [3.05, 3.63) is 63.8 Å². The summed E-state index contributed by atoms with van der Waals surface area (Å²) in [6, 6.07) is 13.4. The summed E-state index contributed by atoms with van der Waals surface area (Å²) in [4.78, 5) is 15.1. The Morgan fingerprint density at radius 1 is 1.15 bits per heavy atom. The summed E-state index contributed by atoms with van der Waals surface area (Å²) < 4.78 is 0.674. The number of fused-ring (bicyclic) bond motifs is 3. The Bertz CT molecular complexity index is 1130. The fourth-order valence-electron chi connectivity index (χ4n) is 3.24. The number of phenolic OH excluding ortho intramolecular Hbond substituents is 1. The van der Waals surface area contributed by atoms with Gasteiger partial charge in [-0.1, -0.05) is 31.2 Å². The molecule has 0 amide bonds. The summed E-state index contributed by atoms with van der Waals surface area (Å²) in [5.41, 5.74) is 9.19. The van der Waals surface area contributed by atoms with Crippen molar-refractivity contribution in [1.82, 2.24) is 4.98 Å². The number of phenols is 1.